The molecular formula is C12H12F3NO3. The van der Waals surface area contributed by atoms with Crippen LogP contribution in [0.3, 0.4) is 0 Å². The molecular weight excluding hydrogens is 263 g/mol. The molecule has 4 nitrogen and oxygen atoms in total. The summed E-state index contributed by atoms with van der Waals surface area (Å²) in [6.45, 7) is -0.268. The van der Waals surface area contributed by atoms with Crippen molar-refractivity contribution in [3.05, 3.63) is 35.4 Å². The standard InChI is InChI=1S/C12H12F3NO3/c1-16(7-10(17)19-2)11(18)8-3-5-9(6-4-8)12(13,14)15/h3-6H,7H2,1-2H3. The summed E-state index contributed by atoms with van der Waals surface area (Å²) in [5, 5.41) is 0. The van der Waals surface area contributed by atoms with Crippen LogP contribution in [0, 0.1) is 0 Å². The minimum absolute atomic E-state index is 0.0689. The number of likely N-dealkylation sites (N-methyl/N-ethyl adjacent to an activating group) is 1. The van der Waals surface area contributed by atoms with Crippen LogP contribution in [-0.4, -0.2) is 37.5 Å². The fourth-order valence-corrected chi connectivity index (χ4v) is 1.35. The first-order valence-corrected chi connectivity index (χ1v) is 5.25. The van der Waals surface area contributed by atoms with Crippen molar-refractivity contribution < 1.29 is 27.5 Å². The minimum Gasteiger partial charge on any atom is -0.468 e. The van der Waals surface area contributed by atoms with Crippen LogP contribution in [0.15, 0.2) is 24.3 Å². The molecule has 0 radical (unpaired) electrons. The first-order valence-electron chi connectivity index (χ1n) is 5.25. The number of methoxy groups -OCH3 is 1. The highest BCUT2D eigenvalue weighted by molar-refractivity contribution is 5.95. The molecule has 0 N–H and O–H groups in total. The van der Waals surface area contributed by atoms with Gasteiger partial charge in [-0.3, -0.25) is 9.59 Å². The SMILES string of the molecule is COC(=O)CN(C)C(=O)c1ccc(C(F)(F)F)cc1. The van der Waals surface area contributed by atoms with E-state index in [1.807, 2.05) is 0 Å². The number of hydrogen-bond acceptors (Lipinski definition) is 3. The Morgan fingerprint density at radius 3 is 2.16 bits per heavy atom. The zero-order valence-electron chi connectivity index (χ0n) is 10.3. The van der Waals surface area contributed by atoms with Crippen LogP contribution in [0.5, 0.6) is 0 Å². The first-order chi connectivity index (χ1) is 8.75. The van der Waals surface area contributed by atoms with Gasteiger partial charge in [-0.25, -0.2) is 0 Å². The second-order valence-electron chi connectivity index (χ2n) is 3.81. The fraction of sp³-hybridized carbons (Fsp3) is 0.333. The Morgan fingerprint density at radius 1 is 1.21 bits per heavy atom. The second-order valence-corrected chi connectivity index (χ2v) is 3.81. The summed E-state index contributed by atoms with van der Waals surface area (Å²) >= 11 is 0. The third-order valence-electron chi connectivity index (χ3n) is 2.40. The maximum Gasteiger partial charge on any atom is 0.416 e. The average molecular weight is 275 g/mol. The molecule has 0 aliphatic heterocycles. The number of carbonyl (C=O) groups is 2. The third-order valence-corrected chi connectivity index (χ3v) is 2.40. The number of halogens is 3. The van der Waals surface area contributed by atoms with Crippen molar-refractivity contribution in [1.82, 2.24) is 4.90 Å². The van der Waals surface area contributed by atoms with Crippen LogP contribution in [0.25, 0.3) is 0 Å². The van der Waals surface area contributed by atoms with E-state index in [2.05, 4.69) is 4.74 Å². The van der Waals surface area contributed by atoms with Crippen molar-refractivity contribution in [2.75, 3.05) is 20.7 Å². The topological polar surface area (TPSA) is 46.6 Å². The van der Waals surface area contributed by atoms with Gasteiger partial charge in [0, 0.05) is 12.6 Å². The Morgan fingerprint density at radius 2 is 1.74 bits per heavy atom. The van der Waals surface area contributed by atoms with Crippen LogP contribution < -0.4 is 0 Å². The minimum atomic E-state index is -4.44. The van der Waals surface area contributed by atoms with E-state index in [0.29, 0.717) is 0 Å². The smallest absolute Gasteiger partial charge is 0.416 e. The molecule has 0 spiro atoms. The molecule has 0 fully saturated rings. The molecule has 7 heteroatoms. The van der Waals surface area contributed by atoms with Crippen LogP contribution in [0.1, 0.15) is 15.9 Å². The Hall–Kier alpha value is -2.05. The average Bonchev–Trinajstić information content (AvgIpc) is 2.36. The van der Waals surface area contributed by atoms with Crippen LogP contribution in [-0.2, 0) is 15.7 Å². The third kappa shape index (κ3) is 3.97. The van der Waals surface area contributed by atoms with Crippen LogP contribution in [0.4, 0.5) is 13.2 Å². The van der Waals surface area contributed by atoms with Gasteiger partial charge in [-0.05, 0) is 24.3 Å². The molecule has 0 atom stereocenters. The summed E-state index contributed by atoms with van der Waals surface area (Å²) in [4.78, 5) is 23.8. The van der Waals surface area contributed by atoms with Crippen LogP contribution >= 0.6 is 0 Å². The molecule has 0 unspecified atom stereocenters. The number of benzene rings is 1. The maximum absolute atomic E-state index is 12.3. The van der Waals surface area contributed by atoms with Gasteiger partial charge < -0.3 is 9.64 Å². The predicted molar refractivity (Wildman–Crippen MR) is 60.4 cm³/mol. The van der Waals surface area contributed by atoms with E-state index in [9.17, 15) is 22.8 Å². The zero-order chi connectivity index (χ0) is 14.6. The lowest BCUT2D eigenvalue weighted by molar-refractivity contribution is -0.141. The number of nitrogens with zero attached hydrogens (tertiary/aromatic N) is 1. The molecule has 1 amide bonds. The van der Waals surface area contributed by atoms with Crippen molar-refractivity contribution in [1.29, 1.82) is 0 Å². The predicted octanol–water partition coefficient (Wildman–Crippen LogP) is 1.95. The van der Waals surface area contributed by atoms with E-state index in [1.165, 1.54) is 14.2 Å². The van der Waals surface area contributed by atoms with Gasteiger partial charge >= 0.3 is 12.1 Å². The fourth-order valence-electron chi connectivity index (χ4n) is 1.35. The quantitative estimate of drug-likeness (QED) is 0.792. The Labute approximate surface area is 107 Å². The van der Waals surface area contributed by atoms with Gasteiger partial charge in [0.1, 0.15) is 6.54 Å². The molecule has 1 aromatic carbocycles. The molecule has 0 heterocycles. The number of carbonyl (C=O) groups excluding carboxylic acids is 2. The monoisotopic (exact) mass is 275 g/mol. The lowest BCUT2D eigenvalue weighted by Gasteiger charge is -2.16. The van der Waals surface area contributed by atoms with Gasteiger partial charge in [0.15, 0.2) is 0 Å². The summed E-state index contributed by atoms with van der Waals surface area (Å²) < 4.78 is 41.4. The van der Waals surface area contributed by atoms with Crippen molar-refractivity contribution in [2.45, 2.75) is 6.18 Å². The van der Waals surface area contributed by atoms with Crippen molar-refractivity contribution in [3.63, 3.8) is 0 Å². The van der Waals surface area contributed by atoms with Gasteiger partial charge in [-0.2, -0.15) is 13.2 Å². The first kappa shape index (κ1) is 15.0. The molecule has 104 valence electrons. The van der Waals surface area contributed by atoms with E-state index >= 15 is 0 Å². The summed E-state index contributed by atoms with van der Waals surface area (Å²) in [6, 6.07) is 3.77. The summed E-state index contributed by atoms with van der Waals surface area (Å²) in [5.41, 5.74) is -0.765. The van der Waals surface area contributed by atoms with Gasteiger partial charge in [-0.15, -0.1) is 0 Å². The van der Waals surface area contributed by atoms with Crippen molar-refractivity contribution in [3.8, 4) is 0 Å². The number of esters is 1. The second kappa shape index (κ2) is 5.73. The van der Waals surface area contributed by atoms with Gasteiger partial charge in [0.05, 0.1) is 12.7 Å². The Kier molecular flexibility index (Phi) is 4.52. The number of alkyl halides is 3. The zero-order valence-corrected chi connectivity index (χ0v) is 10.3. The highest BCUT2D eigenvalue weighted by Crippen LogP contribution is 2.29. The number of amides is 1. The number of ether oxygens (including phenoxy) is 1. The molecule has 0 saturated carbocycles. The molecule has 0 aromatic heterocycles. The highest BCUT2D eigenvalue weighted by Gasteiger charge is 2.30. The molecule has 0 aliphatic carbocycles. The highest BCUT2D eigenvalue weighted by atomic mass is 19.4. The number of rotatable bonds is 3. The molecule has 1 aromatic rings. The Balaban J connectivity index is 2.81. The van der Waals surface area contributed by atoms with E-state index in [4.69, 9.17) is 0 Å². The Bertz CT molecular complexity index is 468. The summed E-state index contributed by atoms with van der Waals surface area (Å²) in [7, 11) is 2.54. The van der Waals surface area contributed by atoms with Crippen LogP contribution in [0.2, 0.25) is 0 Å². The van der Waals surface area contributed by atoms with E-state index in [0.717, 1.165) is 29.2 Å². The van der Waals surface area contributed by atoms with E-state index in [-0.39, 0.29) is 12.1 Å². The lowest BCUT2D eigenvalue weighted by atomic mass is 10.1. The van der Waals surface area contributed by atoms with E-state index in [1.54, 1.807) is 0 Å². The van der Waals surface area contributed by atoms with Gasteiger partial charge in [0.2, 0.25) is 0 Å². The largest absolute Gasteiger partial charge is 0.468 e. The summed E-state index contributed by atoms with van der Waals surface area (Å²) in [5.74, 6) is -1.16. The molecule has 1 rings (SSSR count). The normalized spacial score (nSPS) is 11.0. The van der Waals surface area contributed by atoms with Crippen molar-refractivity contribution in [2.24, 2.45) is 0 Å². The molecule has 0 aliphatic rings. The van der Waals surface area contributed by atoms with Crippen molar-refractivity contribution >= 4 is 11.9 Å². The lowest BCUT2D eigenvalue weighted by Crippen LogP contribution is -2.32. The molecule has 0 saturated heterocycles. The summed E-state index contributed by atoms with van der Waals surface area (Å²) in [6.07, 6.45) is -4.44. The molecule has 0 bridgehead atoms. The van der Waals surface area contributed by atoms with Gasteiger partial charge in [-0.1, -0.05) is 0 Å². The van der Waals surface area contributed by atoms with Gasteiger partial charge in [0.25, 0.3) is 5.91 Å². The number of hydrogen-bond donors (Lipinski definition) is 0. The van der Waals surface area contributed by atoms with E-state index < -0.39 is 23.6 Å². The maximum atomic E-state index is 12.3. The molecule has 19 heavy (non-hydrogen) atoms.